The third-order valence-corrected chi connectivity index (χ3v) is 3.96. The smallest absolute Gasteiger partial charge is 0.141 e. The van der Waals surface area contributed by atoms with E-state index in [1.807, 2.05) is 6.07 Å². The number of piperidine rings is 1. The van der Waals surface area contributed by atoms with Crippen LogP contribution in [-0.4, -0.2) is 26.8 Å². The first-order valence-corrected chi connectivity index (χ1v) is 6.74. The molecule has 0 aromatic heterocycles. The highest BCUT2D eigenvalue weighted by molar-refractivity contribution is 6.30. The van der Waals surface area contributed by atoms with Crippen LogP contribution in [0.25, 0.3) is 0 Å². The van der Waals surface area contributed by atoms with Crippen LogP contribution in [-0.2, 0) is 4.74 Å². The minimum absolute atomic E-state index is 0. The molecule has 2 nitrogen and oxygen atoms in total. The Morgan fingerprint density at radius 1 is 1.42 bits per heavy atom. The maximum absolute atomic E-state index is 13.2. The number of rotatable bonds is 4. The Kier molecular flexibility index (Phi) is 7.08. The Morgan fingerprint density at radius 3 is 2.68 bits per heavy atom. The van der Waals surface area contributed by atoms with Gasteiger partial charge in [-0.1, -0.05) is 17.7 Å². The van der Waals surface area contributed by atoms with Crippen LogP contribution in [0.1, 0.15) is 24.3 Å². The van der Waals surface area contributed by atoms with Gasteiger partial charge in [0.05, 0.1) is 11.6 Å². The number of halogens is 3. The maximum Gasteiger partial charge on any atom is 0.141 e. The zero-order valence-corrected chi connectivity index (χ0v) is 12.6. The lowest BCUT2D eigenvalue weighted by Gasteiger charge is -2.30. The Hall–Kier alpha value is -0.350. The summed E-state index contributed by atoms with van der Waals surface area (Å²) in [6, 6.07) is 5.01. The van der Waals surface area contributed by atoms with Crippen LogP contribution in [0.3, 0.4) is 0 Å². The van der Waals surface area contributed by atoms with Crippen molar-refractivity contribution in [3.63, 3.8) is 0 Å². The van der Waals surface area contributed by atoms with Gasteiger partial charge in [0, 0.05) is 13.0 Å². The van der Waals surface area contributed by atoms with Gasteiger partial charge in [-0.05, 0) is 49.5 Å². The molecule has 1 fully saturated rings. The lowest BCUT2D eigenvalue weighted by Crippen LogP contribution is -2.32. The number of hydrogen-bond donors (Lipinski definition) is 1. The van der Waals surface area contributed by atoms with E-state index in [-0.39, 0.29) is 23.2 Å². The molecule has 1 aromatic carbocycles. The zero-order chi connectivity index (χ0) is 13.0. The standard InChI is InChI=1S/C14H19ClFNO.ClH/c1-18-9-12(10-4-6-17-7-5-10)11-2-3-14(16)13(15)8-11;/h2-3,8,10,12,17H,4-7,9H2,1H3;1H. The molecule has 0 saturated carbocycles. The van der Waals surface area contributed by atoms with Crippen molar-refractivity contribution in [2.75, 3.05) is 26.8 Å². The third kappa shape index (κ3) is 4.32. The van der Waals surface area contributed by atoms with Gasteiger partial charge in [-0.25, -0.2) is 4.39 Å². The first-order chi connectivity index (χ1) is 8.72. The molecule has 2 rings (SSSR count). The number of methoxy groups -OCH3 is 1. The molecule has 1 atom stereocenters. The monoisotopic (exact) mass is 307 g/mol. The Labute approximate surface area is 125 Å². The van der Waals surface area contributed by atoms with E-state index in [0.717, 1.165) is 31.5 Å². The predicted molar refractivity (Wildman–Crippen MR) is 78.9 cm³/mol. The van der Waals surface area contributed by atoms with Crippen molar-refractivity contribution >= 4 is 24.0 Å². The molecule has 1 aliphatic rings. The lowest BCUT2D eigenvalue weighted by molar-refractivity contribution is 0.144. The van der Waals surface area contributed by atoms with E-state index in [1.165, 1.54) is 6.07 Å². The van der Waals surface area contributed by atoms with Crippen molar-refractivity contribution < 1.29 is 9.13 Å². The predicted octanol–water partition coefficient (Wildman–Crippen LogP) is 3.63. The average Bonchev–Trinajstić information content (AvgIpc) is 2.40. The van der Waals surface area contributed by atoms with Crippen molar-refractivity contribution in [3.8, 4) is 0 Å². The molecule has 108 valence electrons. The Balaban J connectivity index is 0.00000180. The highest BCUT2D eigenvalue weighted by Crippen LogP contribution is 2.33. The van der Waals surface area contributed by atoms with Crippen LogP contribution in [0.15, 0.2) is 18.2 Å². The summed E-state index contributed by atoms with van der Waals surface area (Å²) in [4.78, 5) is 0. The van der Waals surface area contributed by atoms with Gasteiger partial charge >= 0.3 is 0 Å². The second-order valence-electron chi connectivity index (χ2n) is 4.82. The summed E-state index contributed by atoms with van der Waals surface area (Å²) in [5, 5.41) is 3.55. The van der Waals surface area contributed by atoms with Gasteiger partial charge in [-0.3, -0.25) is 0 Å². The molecule has 0 aliphatic carbocycles. The molecular formula is C14H20Cl2FNO. The van der Waals surface area contributed by atoms with Crippen molar-refractivity contribution in [2.24, 2.45) is 5.92 Å². The van der Waals surface area contributed by atoms with E-state index >= 15 is 0 Å². The molecule has 0 radical (unpaired) electrons. The summed E-state index contributed by atoms with van der Waals surface area (Å²) >= 11 is 5.87. The summed E-state index contributed by atoms with van der Waals surface area (Å²) in [5.74, 6) is 0.518. The summed E-state index contributed by atoms with van der Waals surface area (Å²) in [7, 11) is 1.71. The van der Waals surface area contributed by atoms with Gasteiger partial charge < -0.3 is 10.1 Å². The lowest BCUT2D eigenvalue weighted by atomic mass is 9.81. The molecule has 1 aliphatic heterocycles. The molecule has 1 N–H and O–H groups in total. The Morgan fingerprint density at radius 2 is 2.11 bits per heavy atom. The Bertz CT molecular complexity index is 397. The largest absolute Gasteiger partial charge is 0.384 e. The molecule has 5 heteroatoms. The number of hydrogen-bond acceptors (Lipinski definition) is 2. The van der Waals surface area contributed by atoms with E-state index in [2.05, 4.69) is 5.32 Å². The minimum atomic E-state index is -0.359. The van der Waals surface area contributed by atoms with Crippen LogP contribution < -0.4 is 5.32 Å². The molecule has 19 heavy (non-hydrogen) atoms. The normalized spacial score (nSPS) is 17.8. The van der Waals surface area contributed by atoms with Crippen LogP contribution >= 0.6 is 24.0 Å². The average molecular weight is 308 g/mol. The van der Waals surface area contributed by atoms with Crippen LogP contribution in [0.2, 0.25) is 5.02 Å². The van der Waals surface area contributed by atoms with E-state index in [1.54, 1.807) is 13.2 Å². The van der Waals surface area contributed by atoms with E-state index in [4.69, 9.17) is 16.3 Å². The molecular weight excluding hydrogens is 288 g/mol. The van der Waals surface area contributed by atoms with Crippen LogP contribution in [0, 0.1) is 11.7 Å². The van der Waals surface area contributed by atoms with Crippen LogP contribution in [0.5, 0.6) is 0 Å². The van der Waals surface area contributed by atoms with Gasteiger partial charge in [-0.15, -0.1) is 12.4 Å². The first kappa shape index (κ1) is 16.7. The molecule has 1 heterocycles. The van der Waals surface area contributed by atoms with Gasteiger partial charge in [0.2, 0.25) is 0 Å². The third-order valence-electron chi connectivity index (χ3n) is 3.67. The second kappa shape index (κ2) is 8.05. The van der Waals surface area contributed by atoms with Gasteiger partial charge in [0.15, 0.2) is 0 Å². The SMILES string of the molecule is COCC(c1ccc(F)c(Cl)c1)C1CCNCC1.Cl. The van der Waals surface area contributed by atoms with E-state index in [9.17, 15) is 4.39 Å². The molecule has 0 spiro atoms. The fourth-order valence-electron chi connectivity index (χ4n) is 2.67. The summed E-state index contributed by atoms with van der Waals surface area (Å²) < 4.78 is 18.5. The van der Waals surface area contributed by atoms with Crippen LogP contribution in [0.4, 0.5) is 4.39 Å². The first-order valence-electron chi connectivity index (χ1n) is 6.37. The molecule has 1 aromatic rings. The fraction of sp³-hybridized carbons (Fsp3) is 0.571. The maximum atomic E-state index is 13.2. The summed E-state index contributed by atoms with van der Waals surface area (Å²) in [5.41, 5.74) is 1.08. The molecule has 0 bridgehead atoms. The molecule has 0 amide bonds. The van der Waals surface area contributed by atoms with Crippen molar-refractivity contribution in [1.29, 1.82) is 0 Å². The number of nitrogens with one attached hydrogen (secondary N) is 1. The van der Waals surface area contributed by atoms with Crippen molar-refractivity contribution in [2.45, 2.75) is 18.8 Å². The van der Waals surface area contributed by atoms with Crippen molar-refractivity contribution in [1.82, 2.24) is 5.32 Å². The fourth-order valence-corrected chi connectivity index (χ4v) is 2.86. The number of ether oxygens (including phenoxy) is 1. The van der Waals surface area contributed by atoms with Gasteiger partial charge in [0.25, 0.3) is 0 Å². The van der Waals surface area contributed by atoms with E-state index in [0.29, 0.717) is 18.4 Å². The zero-order valence-electron chi connectivity index (χ0n) is 11.0. The summed E-state index contributed by atoms with van der Waals surface area (Å²) in [6.45, 7) is 2.74. The topological polar surface area (TPSA) is 21.3 Å². The second-order valence-corrected chi connectivity index (χ2v) is 5.23. The highest BCUT2D eigenvalue weighted by Gasteiger charge is 2.25. The quantitative estimate of drug-likeness (QED) is 0.917. The summed E-state index contributed by atoms with van der Waals surface area (Å²) in [6.07, 6.45) is 2.26. The van der Waals surface area contributed by atoms with Gasteiger partial charge in [-0.2, -0.15) is 0 Å². The van der Waals surface area contributed by atoms with Crippen molar-refractivity contribution in [3.05, 3.63) is 34.6 Å². The minimum Gasteiger partial charge on any atom is -0.384 e. The molecule has 1 saturated heterocycles. The van der Waals surface area contributed by atoms with E-state index < -0.39 is 0 Å². The molecule has 1 unspecified atom stereocenters. The highest BCUT2D eigenvalue weighted by atomic mass is 35.5. The number of benzene rings is 1. The van der Waals surface area contributed by atoms with Gasteiger partial charge in [0.1, 0.15) is 5.82 Å².